The third kappa shape index (κ3) is 3.53. The fourth-order valence-electron chi connectivity index (χ4n) is 3.30. The van der Waals surface area contributed by atoms with E-state index in [-0.39, 0.29) is 5.91 Å². The van der Waals surface area contributed by atoms with Crippen LogP contribution in [0.3, 0.4) is 0 Å². The van der Waals surface area contributed by atoms with Gasteiger partial charge in [-0.3, -0.25) is 15.6 Å². The van der Waals surface area contributed by atoms with Gasteiger partial charge in [-0.15, -0.1) is 0 Å². The zero-order chi connectivity index (χ0) is 17.1. The second-order valence-corrected chi connectivity index (χ2v) is 6.88. The van der Waals surface area contributed by atoms with E-state index in [0.717, 1.165) is 17.4 Å². The first-order chi connectivity index (χ1) is 11.6. The summed E-state index contributed by atoms with van der Waals surface area (Å²) < 4.78 is 5.64. The monoisotopic (exact) mass is 345 g/mol. The van der Waals surface area contributed by atoms with Gasteiger partial charge in [0.25, 0.3) is 0 Å². The third-order valence-corrected chi connectivity index (χ3v) is 4.99. The lowest BCUT2D eigenvalue weighted by molar-refractivity contribution is 0.0916. The maximum absolute atomic E-state index is 12.3. The van der Waals surface area contributed by atoms with E-state index >= 15 is 0 Å². The molecule has 1 saturated carbocycles. The number of rotatable bonds is 2. The number of carbonyl (C=O) groups is 1. The Labute approximate surface area is 147 Å². The second-order valence-electron chi connectivity index (χ2n) is 6.47. The van der Waals surface area contributed by atoms with Crippen LogP contribution in [0.1, 0.15) is 48.7 Å². The summed E-state index contributed by atoms with van der Waals surface area (Å²) in [5, 5.41) is 4.68. The van der Waals surface area contributed by atoms with E-state index in [1.54, 1.807) is 0 Å². The number of carbonyl (C=O) groups excluding carboxylic acids is 1. The predicted octanol–water partition coefficient (Wildman–Crippen LogP) is 3.43. The fraction of sp³-hybridized carbons (Fsp3) is 0.444. The molecule has 1 amide bonds. The molecular formula is C18H23N3O2S. The predicted molar refractivity (Wildman–Crippen MR) is 98.7 cm³/mol. The van der Waals surface area contributed by atoms with Gasteiger partial charge >= 0.3 is 5.91 Å². The third-order valence-electron chi connectivity index (χ3n) is 4.77. The van der Waals surface area contributed by atoms with Crippen LogP contribution in [-0.2, 0) is 0 Å². The van der Waals surface area contributed by atoms with E-state index in [0.29, 0.717) is 28.4 Å². The molecule has 1 aromatic carbocycles. The van der Waals surface area contributed by atoms with Gasteiger partial charge in [0.1, 0.15) is 5.58 Å². The molecule has 0 aliphatic heterocycles. The average Bonchev–Trinajstić information content (AvgIpc) is 2.92. The van der Waals surface area contributed by atoms with E-state index in [4.69, 9.17) is 16.6 Å². The van der Waals surface area contributed by atoms with Crippen LogP contribution in [0.15, 0.2) is 28.7 Å². The molecule has 0 spiro atoms. The van der Waals surface area contributed by atoms with E-state index in [2.05, 4.69) is 23.1 Å². The van der Waals surface area contributed by atoms with Gasteiger partial charge < -0.3 is 9.73 Å². The number of fused-ring (bicyclic) bond motifs is 1. The van der Waals surface area contributed by atoms with Crippen molar-refractivity contribution in [3.8, 4) is 0 Å². The van der Waals surface area contributed by atoms with Gasteiger partial charge in [0.15, 0.2) is 10.9 Å². The van der Waals surface area contributed by atoms with Gasteiger partial charge in [-0.05, 0) is 44.0 Å². The number of para-hydroxylation sites is 1. The Balaban J connectivity index is 1.58. The first-order valence-electron chi connectivity index (χ1n) is 8.41. The van der Waals surface area contributed by atoms with Crippen molar-refractivity contribution < 1.29 is 9.21 Å². The molecule has 6 heteroatoms. The van der Waals surface area contributed by atoms with Crippen molar-refractivity contribution in [1.82, 2.24) is 16.2 Å². The summed E-state index contributed by atoms with van der Waals surface area (Å²) in [4.78, 5) is 12.3. The minimum atomic E-state index is -0.329. The molecule has 0 saturated heterocycles. The SMILES string of the molecule is Cc1c(C(=O)NNC(=S)N[C@@H]2CCCC[C@@H]2C)oc2ccccc12. The Bertz CT molecular complexity index is 756. The van der Waals surface area contributed by atoms with Crippen LogP contribution in [-0.4, -0.2) is 17.1 Å². The highest BCUT2D eigenvalue weighted by molar-refractivity contribution is 7.80. The second kappa shape index (κ2) is 7.21. The minimum Gasteiger partial charge on any atom is -0.451 e. The molecule has 1 aliphatic rings. The molecule has 3 N–H and O–H groups in total. The van der Waals surface area contributed by atoms with Gasteiger partial charge in [0.05, 0.1) is 0 Å². The Morgan fingerprint density at radius 2 is 1.96 bits per heavy atom. The molecular weight excluding hydrogens is 322 g/mol. The molecule has 2 aromatic rings. The molecule has 0 unspecified atom stereocenters. The van der Waals surface area contributed by atoms with Gasteiger partial charge in [-0.1, -0.05) is 38.0 Å². The number of furan rings is 1. The molecule has 128 valence electrons. The quantitative estimate of drug-likeness (QED) is 0.575. The highest BCUT2D eigenvalue weighted by Crippen LogP contribution is 2.25. The molecule has 3 rings (SSSR count). The lowest BCUT2D eigenvalue weighted by atomic mass is 9.86. The van der Waals surface area contributed by atoms with E-state index in [1.807, 2.05) is 31.2 Å². The number of aryl methyl sites for hydroxylation is 1. The molecule has 1 heterocycles. The Morgan fingerprint density at radius 3 is 2.71 bits per heavy atom. The number of hydrogen-bond acceptors (Lipinski definition) is 3. The summed E-state index contributed by atoms with van der Waals surface area (Å²) in [7, 11) is 0. The number of amides is 1. The van der Waals surface area contributed by atoms with Crippen molar-refractivity contribution in [1.29, 1.82) is 0 Å². The molecule has 5 nitrogen and oxygen atoms in total. The van der Waals surface area contributed by atoms with Crippen molar-refractivity contribution in [3.05, 3.63) is 35.6 Å². The Morgan fingerprint density at radius 1 is 1.21 bits per heavy atom. The Kier molecular flexibility index (Phi) is 5.04. The molecule has 1 aromatic heterocycles. The lowest BCUT2D eigenvalue weighted by Gasteiger charge is -2.30. The number of benzene rings is 1. The van der Waals surface area contributed by atoms with Gasteiger partial charge in [-0.25, -0.2) is 0 Å². The average molecular weight is 345 g/mol. The standard InChI is InChI=1S/C18H23N3O2S/c1-11-7-3-5-9-14(11)19-18(24)21-20-17(22)16-12(2)13-8-4-6-10-15(13)23-16/h4,6,8,10-11,14H,3,5,7,9H2,1-2H3,(H,20,22)(H2,19,21,24)/t11-,14+/m0/s1. The normalized spacial score (nSPS) is 20.6. The highest BCUT2D eigenvalue weighted by atomic mass is 32.1. The van der Waals surface area contributed by atoms with Crippen molar-refractivity contribution in [3.63, 3.8) is 0 Å². The van der Waals surface area contributed by atoms with Crippen LogP contribution in [0.5, 0.6) is 0 Å². The molecule has 0 radical (unpaired) electrons. The largest absolute Gasteiger partial charge is 0.451 e. The van der Waals surface area contributed by atoms with Crippen molar-refractivity contribution in [2.75, 3.05) is 0 Å². The first-order valence-corrected chi connectivity index (χ1v) is 8.82. The van der Waals surface area contributed by atoms with E-state index in [1.165, 1.54) is 19.3 Å². The van der Waals surface area contributed by atoms with E-state index < -0.39 is 0 Å². The fourth-order valence-corrected chi connectivity index (χ4v) is 3.50. The zero-order valence-corrected chi connectivity index (χ0v) is 14.8. The number of nitrogens with one attached hydrogen (secondary N) is 3. The van der Waals surface area contributed by atoms with E-state index in [9.17, 15) is 4.79 Å². The van der Waals surface area contributed by atoms with Crippen molar-refractivity contribution in [2.45, 2.75) is 45.6 Å². The van der Waals surface area contributed by atoms with Gasteiger partial charge in [0.2, 0.25) is 0 Å². The van der Waals surface area contributed by atoms with Crippen LogP contribution in [0, 0.1) is 12.8 Å². The summed E-state index contributed by atoms with van der Waals surface area (Å²) in [5.41, 5.74) is 6.93. The number of hydrogen-bond donors (Lipinski definition) is 3. The van der Waals surface area contributed by atoms with Crippen LogP contribution in [0.25, 0.3) is 11.0 Å². The summed E-state index contributed by atoms with van der Waals surface area (Å²) in [5.74, 6) is 0.564. The molecule has 24 heavy (non-hydrogen) atoms. The molecule has 1 fully saturated rings. The van der Waals surface area contributed by atoms with Crippen LogP contribution in [0.2, 0.25) is 0 Å². The number of hydrazine groups is 1. The highest BCUT2D eigenvalue weighted by Gasteiger charge is 2.22. The summed E-state index contributed by atoms with van der Waals surface area (Å²) in [6.45, 7) is 4.11. The minimum absolute atomic E-state index is 0.303. The summed E-state index contributed by atoms with van der Waals surface area (Å²) in [6.07, 6.45) is 4.82. The smallest absolute Gasteiger partial charge is 0.305 e. The maximum Gasteiger partial charge on any atom is 0.305 e. The summed E-state index contributed by atoms with van der Waals surface area (Å²) in [6, 6.07) is 7.96. The van der Waals surface area contributed by atoms with Crippen molar-refractivity contribution in [2.24, 2.45) is 5.92 Å². The van der Waals surface area contributed by atoms with Crippen LogP contribution < -0.4 is 16.2 Å². The zero-order valence-electron chi connectivity index (χ0n) is 14.0. The first kappa shape index (κ1) is 16.8. The van der Waals surface area contributed by atoms with Gasteiger partial charge in [-0.2, -0.15) is 0 Å². The molecule has 0 bridgehead atoms. The molecule has 1 aliphatic carbocycles. The number of thiocarbonyl (C=S) groups is 1. The molecule has 2 atom stereocenters. The maximum atomic E-state index is 12.3. The Hall–Kier alpha value is -2.08. The van der Waals surface area contributed by atoms with Crippen LogP contribution in [0.4, 0.5) is 0 Å². The topological polar surface area (TPSA) is 66.3 Å². The van der Waals surface area contributed by atoms with Crippen LogP contribution >= 0.6 is 12.2 Å². The van der Waals surface area contributed by atoms with Crippen molar-refractivity contribution >= 4 is 34.2 Å². The van der Waals surface area contributed by atoms with Gasteiger partial charge in [0, 0.05) is 17.0 Å². The lowest BCUT2D eigenvalue weighted by Crippen LogP contribution is -2.51. The summed E-state index contributed by atoms with van der Waals surface area (Å²) >= 11 is 5.29.